The molecular formula is C19H14ClF2N2O4P. The molecule has 0 saturated carbocycles. The topological polar surface area (TPSA) is 83.8 Å². The van der Waals surface area contributed by atoms with Gasteiger partial charge in [-0.1, -0.05) is 40.6 Å². The summed E-state index contributed by atoms with van der Waals surface area (Å²) in [5, 5.41) is 0.806. The molecule has 0 amide bonds. The van der Waals surface area contributed by atoms with Crippen LogP contribution in [-0.2, 0) is 15.6 Å². The summed E-state index contributed by atoms with van der Waals surface area (Å²) in [5.41, 5.74) is 0.0245. The van der Waals surface area contributed by atoms with Crippen molar-refractivity contribution < 1.29 is 27.7 Å². The van der Waals surface area contributed by atoms with E-state index in [0.29, 0.717) is 10.9 Å². The number of ether oxygens (including phenoxy) is 1. The van der Waals surface area contributed by atoms with E-state index in [1.54, 1.807) is 24.3 Å². The second kappa shape index (κ2) is 8.78. The molecule has 0 saturated heterocycles. The van der Waals surface area contributed by atoms with Gasteiger partial charge < -0.3 is 9.63 Å². The molecule has 0 aliphatic heterocycles. The van der Waals surface area contributed by atoms with Gasteiger partial charge in [0.05, 0.1) is 11.1 Å². The van der Waals surface area contributed by atoms with E-state index in [0.717, 1.165) is 12.1 Å². The Morgan fingerprint density at radius 3 is 2.62 bits per heavy atom. The normalized spacial score (nSPS) is 13.2. The van der Waals surface area contributed by atoms with Crippen LogP contribution < -0.4 is 9.42 Å². The summed E-state index contributed by atoms with van der Waals surface area (Å²) >= 11 is 5.84. The molecule has 0 aliphatic carbocycles. The summed E-state index contributed by atoms with van der Waals surface area (Å²) in [4.78, 5) is 28.3. The maximum Gasteiger partial charge on any atom is 0.428 e. The molecule has 0 spiro atoms. The summed E-state index contributed by atoms with van der Waals surface area (Å²) in [6.45, 7) is 1.18. The van der Waals surface area contributed by atoms with E-state index in [4.69, 9.17) is 16.1 Å². The van der Waals surface area contributed by atoms with E-state index < -0.39 is 31.9 Å². The molecule has 1 aromatic heterocycles. The first kappa shape index (κ1) is 21.0. The third-order valence-electron chi connectivity index (χ3n) is 3.78. The SMILES string of the molecule is CC(N=[P+]([O-])Oc1cccc2nc(Cl)ccc12)C(=O)OC(F)(F)c1ccccc1. The molecule has 1 heterocycles. The van der Waals surface area contributed by atoms with Crippen LogP contribution in [0.2, 0.25) is 5.15 Å². The van der Waals surface area contributed by atoms with Gasteiger partial charge in [-0.3, -0.25) is 4.52 Å². The van der Waals surface area contributed by atoms with Crippen molar-refractivity contribution in [1.29, 1.82) is 0 Å². The predicted molar refractivity (Wildman–Crippen MR) is 103 cm³/mol. The van der Waals surface area contributed by atoms with Crippen molar-refractivity contribution in [2.45, 2.75) is 19.1 Å². The van der Waals surface area contributed by atoms with Gasteiger partial charge in [-0.15, -0.1) is 0 Å². The van der Waals surface area contributed by atoms with Gasteiger partial charge in [0.1, 0.15) is 5.15 Å². The molecule has 3 aromatic rings. The standard InChI is InChI=1S/C19H14ClF2N2O4P/c1-12(18(25)27-19(21,22)13-6-3-2-4-7-13)24-29(26)28-16-9-5-8-15-14(16)10-11-17(20)23-15/h2-12H,1H3. The number of hydrogen-bond acceptors (Lipinski definition) is 6. The molecule has 2 aromatic carbocycles. The zero-order valence-corrected chi connectivity index (χ0v) is 16.6. The van der Waals surface area contributed by atoms with Crippen LogP contribution in [0, 0.1) is 0 Å². The maximum absolute atomic E-state index is 14.1. The third kappa shape index (κ3) is 5.23. The fourth-order valence-corrected chi connectivity index (χ4v) is 3.29. The largest absolute Gasteiger partial charge is 0.575 e. The van der Waals surface area contributed by atoms with E-state index >= 15 is 0 Å². The van der Waals surface area contributed by atoms with Gasteiger partial charge in [0, 0.05) is 5.39 Å². The Hall–Kier alpha value is -2.67. The number of aromatic nitrogens is 1. The number of nitrogens with zero attached hydrogens (tertiary/aromatic N) is 2. The zero-order chi connectivity index (χ0) is 21.0. The first-order chi connectivity index (χ1) is 13.8. The van der Waals surface area contributed by atoms with Crippen LogP contribution in [0.25, 0.3) is 10.9 Å². The van der Waals surface area contributed by atoms with Crippen LogP contribution >= 0.6 is 19.8 Å². The van der Waals surface area contributed by atoms with Crippen molar-refractivity contribution in [1.82, 2.24) is 4.98 Å². The predicted octanol–water partition coefficient (Wildman–Crippen LogP) is 4.80. The van der Waals surface area contributed by atoms with Gasteiger partial charge >= 0.3 is 20.2 Å². The van der Waals surface area contributed by atoms with Crippen molar-refractivity contribution in [2.24, 2.45) is 4.74 Å². The highest BCUT2D eigenvalue weighted by molar-refractivity contribution is 7.34. The average molecular weight is 439 g/mol. The molecule has 2 unspecified atom stereocenters. The van der Waals surface area contributed by atoms with E-state index in [1.165, 1.54) is 31.2 Å². The third-order valence-corrected chi connectivity index (χ3v) is 4.88. The number of hydrogen-bond donors (Lipinski definition) is 0. The lowest BCUT2D eigenvalue weighted by molar-refractivity contribution is -0.241. The highest BCUT2D eigenvalue weighted by Crippen LogP contribution is 2.33. The molecule has 0 radical (unpaired) electrons. The average Bonchev–Trinajstić information content (AvgIpc) is 2.68. The Labute approximate surface area is 170 Å². The van der Waals surface area contributed by atoms with Crippen molar-refractivity contribution in [3.05, 3.63) is 71.4 Å². The number of alkyl halides is 2. The summed E-state index contributed by atoms with van der Waals surface area (Å²) in [6, 6.07) is 13.1. The van der Waals surface area contributed by atoms with E-state index in [-0.39, 0.29) is 10.9 Å². The van der Waals surface area contributed by atoms with E-state index in [1.807, 2.05) is 0 Å². The highest BCUT2D eigenvalue weighted by Gasteiger charge is 2.38. The molecule has 10 heteroatoms. The van der Waals surface area contributed by atoms with Gasteiger partial charge in [-0.25, -0.2) is 9.78 Å². The molecule has 29 heavy (non-hydrogen) atoms. The van der Waals surface area contributed by atoms with Crippen molar-refractivity contribution in [2.75, 3.05) is 0 Å². The van der Waals surface area contributed by atoms with Crippen LogP contribution in [-0.4, -0.2) is 17.0 Å². The highest BCUT2D eigenvalue weighted by atomic mass is 35.5. The fraction of sp³-hybridized carbons (Fsp3) is 0.158. The van der Waals surface area contributed by atoms with E-state index in [9.17, 15) is 18.5 Å². The number of halogens is 3. The summed E-state index contributed by atoms with van der Waals surface area (Å²) in [7, 11) is -2.74. The first-order valence-electron chi connectivity index (χ1n) is 8.34. The number of esters is 1. The van der Waals surface area contributed by atoms with Crippen LogP contribution in [0.1, 0.15) is 12.5 Å². The van der Waals surface area contributed by atoms with Crippen LogP contribution in [0.5, 0.6) is 5.75 Å². The van der Waals surface area contributed by atoms with E-state index in [2.05, 4.69) is 14.5 Å². The van der Waals surface area contributed by atoms with Crippen LogP contribution in [0.4, 0.5) is 8.78 Å². The Bertz CT molecular complexity index is 1070. The Kier molecular flexibility index (Phi) is 6.37. The number of carbonyl (C=O) groups is 1. The molecule has 0 N–H and O–H groups in total. The lowest BCUT2D eigenvalue weighted by Crippen LogP contribution is -2.28. The minimum Gasteiger partial charge on any atom is -0.575 e. The number of pyridine rings is 1. The minimum absolute atomic E-state index is 0.201. The number of rotatable bonds is 6. The molecule has 0 aliphatic rings. The van der Waals surface area contributed by atoms with Gasteiger partial charge in [0.2, 0.25) is 0 Å². The van der Waals surface area contributed by atoms with Gasteiger partial charge in [0.25, 0.3) is 0 Å². The lowest BCUT2D eigenvalue weighted by atomic mass is 10.2. The summed E-state index contributed by atoms with van der Waals surface area (Å²) in [6.07, 6.45) is -3.84. The number of benzene rings is 2. The van der Waals surface area contributed by atoms with Gasteiger partial charge in [-0.2, -0.15) is 8.78 Å². The summed E-state index contributed by atoms with van der Waals surface area (Å²) < 4.78 is 41.2. The zero-order valence-electron chi connectivity index (χ0n) is 15.0. The molecule has 150 valence electrons. The van der Waals surface area contributed by atoms with Crippen molar-refractivity contribution >= 4 is 36.6 Å². The van der Waals surface area contributed by atoms with Gasteiger partial charge in [-0.05, 0) is 43.3 Å². The molecular weight excluding hydrogens is 425 g/mol. The monoisotopic (exact) mass is 438 g/mol. The Balaban J connectivity index is 1.72. The quantitative estimate of drug-likeness (QED) is 0.313. The van der Waals surface area contributed by atoms with Gasteiger partial charge in [0.15, 0.2) is 11.8 Å². The minimum atomic E-state index is -3.84. The molecule has 6 nitrogen and oxygen atoms in total. The maximum atomic E-state index is 14.1. The fourth-order valence-electron chi connectivity index (χ4n) is 2.38. The molecule has 0 fully saturated rings. The first-order valence-corrected chi connectivity index (χ1v) is 9.84. The summed E-state index contributed by atoms with van der Waals surface area (Å²) in [5.74, 6) is -1.14. The second-order valence-corrected chi connectivity index (χ2v) is 7.16. The second-order valence-electron chi connectivity index (χ2n) is 5.88. The Morgan fingerprint density at radius 1 is 1.17 bits per heavy atom. The number of carbonyl (C=O) groups excluding carboxylic acids is 1. The Morgan fingerprint density at radius 2 is 1.90 bits per heavy atom. The molecule has 2 atom stereocenters. The van der Waals surface area contributed by atoms with Crippen molar-refractivity contribution in [3.63, 3.8) is 0 Å². The van der Waals surface area contributed by atoms with Crippen LogP contribution in [0.15, 0.2) is 65.4 Å². The molecule has 3 rings (SSSR count). The van der Waals surface area contributed by atoms with Crippen molar-refractivity contribution in [3.8, 4) is 5.75 Å². The van der Waals surface area contributed by atoms with Crippen LogP contribution in [0.3, 0.4) is 0 Å². The molecule has 0 bridgehead atoms. The number of fused-ring (bicyclic) bond motifs is 1. The lowest BCUT2D eigenvalue weighted by Gasteiger charge is -2.17. The smallest absolute Gasteiger partial charge is 0.428 e.